The van der Waals surface area contributed by atoms with Crippen molar-refractivity contribution in [3.05, 3.63) is 0 Å². The van der Waals surface area contributed by atoms with E-state index in [1.807, 2.05) is 11.8 Å². The molecular weight excluding hydrogens is 304 g/mol. The van der Waals surface area contributed by atoms with Crippen molar-refractivity contribution < 1.29 is 14.3 Å². The Bertz CT molecular complexity index is 417. The number of carbonyl (C=O) groups is 2. The quantitative estimate of drug-likeness (QED) is 0.569. The highest BCUT2D eigenvalue weighted by atomic mass is 16.5. The summed E-state index contributed by atoms with van der Waals surface area (Å²) in [6.45, 7) is 17.1. The van der Waals surface area contributed by atoms with Gasteiger partial charge in [-0.2, -0.15) is 0 Å². The zero-order valence-corrected chi connectivity index (χ0v) is 17.2. The molecule has 0 aromatic heterocycles. The summed E-state index contributed by atoms with van der Waals surface area (Å²) in [6, 6.07) is 0.186. The zero-order chi connectivity index (χ0) is 19.1. The van der Waals surface area contributed by atoms with Gasteiger partial charge in [0, 0.05) is 38.6 Å². The highest BCUT2D eigenvalue weighted by Crippen LogP contribution is 2.39. The van der Waals surface area contributed by atoms with Gasteiger partial charge in [0.25, 0.3) is 0 Å². The minimum atomic E-state index is -0.384. The average Bonchev–Trinajstić information content (AvgIpc) is 2.43. The van der Waals surface area contributed by atoms with Crippen LogP contribution < -0.4 is 0 Å². The van der Waals surface area contributed by atoms with Crippen LogP contribution in [0.4, 0.5) is 0 Å². The van der Waals surface area contributed by atoms with Crippen molar-refractivity contribution in [1.82, 2.24) is 9.80 Å². The number of carbonyl (C=O) groups excluding carboxylic acids is 2. The van der Waals surface area contributed by atoms with Crippen LogP contribution in [0.15, 0.2) is 0 Å². The van der Waals surface area contributed by atoms with Crippen LogP contribution >= 0.6 is 0 Å². The lowest BCUT2D eigenvalue weighted by Crippen LogP contribution is -2.57. The molecule has 0 aromatic carbocycles. The lowest BCUT2D eigenvalue weighted by atomic mass is 9.71. The van der Waals surface area contributed by atoms with Crippen molar-refractivity contribution in [2.24, 2.45) is 5.41 Å². The van der Waals surface area contributed by atoms with E-state index in [0.29, 0.717) is 13.0 Å². The molecule has 0 N–H and O–H groups in total. The average molecular weight is 343 g/mol. The number of hydrogen-bond donors (Lipinski definition) is 0. The van der Waals surface area contributed by atoms with Crippen molar-refractivity contribution >= 4 is 11.8 Å². The van der Waals surface area contributed by atoms with Gasteiger partial charge < -0.3 is 14.5 Å². The van der Waals surface area contributed by atoms with Crippen LogP contribution in [0.25, 0.3) is 0 Å². The van der Waals surface area contributed by atoms with Crippen LogP contribution in [-0.2, 0) is 14.3 Å². The summed E-state index contributed by atoms with van der Waals surface area (Å²) in [7, 11) is 1.60. The van der Waals surface area contributed by atoms with E-state index in [0.717, 1.165) is 12.8 Å². The largest absolute Gasteiger partial charge is 0.364 e. The molecule has 2 amide bonds. The number of rotatable bonds is 10. The molecule has 5 heteroatoms. The molecule has 0 radical (unpaired) electrons. The highest BCUT2D eigenvalue weighted by Gasteiger charge is 2.43. The molecule has 24 heavy (non-hydrogen) atoms. The van der Waals surface area contributed by atoms with Crippen LogP contribution in [0.1, 0.15) is 74.7 Å². The molecule has 0 rings (SSSR count). The van der Waals surface area contributed by atoms with Gasteiger partial charge in [-0.1, -0.05) is 20.8 Å². The highest BCUT2D eigenvalue weighted by molar-refractivity contribution is 5.76. The molecule has 0 aromatic rings. The fourth-order valence-corrected chi connectivity index (χ4v) is 2.87. The Balaban J connectivity index is 5.21. The standard InChI is InChI=1S/C19H38N2O3/c1-10-11-17(23)20(15(2)3)13-12-18(5,6)19(7,8)21(14-24-9)16(4)22/h15H,10-14H2,1-9H3. The molecule has 0 aliphatic rings. The van der Waals surface area contributed by atoms with Crippen molar-refractivity contribution in [3.63, 3.8) is 0 Å². The van der Waals surface area contributed by atoms with Gasteiger partial charge in [0.1, 0.15) is 6.73 Å². The summed E-state index contributed by atoms with van der Waals surface area (Å²) in [6.07, 6.45) is 2.27. The molecule has 0 bridgehead atoms. The molecule has 0 atom stereocenters. The summed E-state index contributed by atoms with van der Waals surface area (Å²) >= 11 is 0. The van der Waals surface area contributed by atoms with Crippen LogP contribution in [0, 0.1) is 5.41 Å². The Morgan fingerprint density at radius 2 is 1.67 bits per heavy atom. The predicted molar refractivity (Wildman–Crippen MR) is 98.6 cm³/mol. The number of hydrogen-bond acceptors (Lipinski definition) is 3. The fraction of sp³-hybridized carbons (Fsp3) is 0.895. The third kappa shape index (κ3) is 5.76. The van der Waals surface area contributed by atoms with E-state index in [1.54, 1.807) is 18.9 Å². The fourth-order valence-electron chi connectivity index (χ4n) is 2.87. The van der Waals surface area contributed by atoms with Gasteiger partial charge in [-0.3, -0.25) is 9.59 Å². The zero-order valence-electron chi connectivity index (χ0n) is 17.2. The van der Waals surface area contributed by atoms with Crippen molar-refractivity contribution in [2.45, 2.75) is 86.2 Å². The van der Waals surface area contributed by atoms with E-state index in [9.17, 15) is 9.59 Å². The molecule has 0 saturated heterocycles. The van der Waals surface area contributed by atoms with E-state index < -0.39 is 0 Å². The number of methoxy groups -OCH3 is 1. The monoisotopic (exact) mass is 342 g/mol. The molecular formula is C19H38N2O3. The Morgan fingerprint density at radius 3 is 2.04 bits per heavy atom. The first-order valence-electron chi connectivity index (χ1n) is 8.99. The Labute approximate surface area is 148 Å². The number of ether oxygens (including phenoxy) is 1. The first-order chi connectivity index (χ1) is 10.9. The van der Waals surface area contributed by atoms with Crippen molar-refractivity contribution in [3.8, 4) is 0 Å². The number of amides is 2. The topological polar surface area (TPSA) is 49.9 Å². The van der Waals surface area contributed by atoms with Gasteiger partial charge in [-0.25, -0.2) is 0 Å². The lowest BCUT2D eigenvalue weighted by molar-refractivity contribution is -0.149. The van der Waals surface area contributed by atoms with E-state index in [4.69, 9.17) is 4.74 Å². The molecule has 0 fully saturated rings. The van der Waals surface area contributed by atoms with E-state index in [2.05, 4.69) is 41.5 Å². The summed E-state index contributed by atoms with van der Waals surface area (Å²) in [4.78, 5) is 28.1. The summed E-state index contributed by atoms with van der Waals surface area (Å²) in [5.74, 6) is 0.208. The third-order valence-corrected chi connectivity index (χ3v) is 5.35. The second-order valence-corrected chi connectivity index (χ2v) is 7.99. The van der Waals surface area contributed by atoms with E-state index in [1.165, 1.54) is 0 Å². The lowest BCUT2D eigenvalue weighted by Gasteiger charge is -2.49. The molecule has 0 aliphatic carbocycles. The maximum Gasteiger partial charge on any atom is 0.222 e. The van der Waals surface area contributed by atoms with Crippen molar-refractivity contribution in [2.75, 3.05) is 20.4 Å². The van der Waals surface area contributed by atoms with Gasteiger partial charge in [0.15, 0.2) is 0 Å². The SMILES string of the molecule is CCCC(=O)N(CCC(C)(C)C(C)(C)N(COC)C(C)=O)C(C)C. The van der Waals surface area contributed by atoms with Gasteiger partial charge in [-0.15, -0.1) is 0 Å². The first-order valence-corrected chi connectivity index (χ1v) is 8.99. The second-order valence-electron chi connectivity index (χ2n) is 7.99. The molecule has 0 heterocycles. The van der Waals surface area contributed by atoms with Crippen LogP contribution in [0.2, 0.25) is 0 Å². The van der Waals surface area contributed by atoms with Gasteiger partial charge in [0.05, 0.1) is 0 Å². The molecule has 0 spiro atoms. The summed E-state index contributed by atoms with van der Waals surface area (Å²) in [5.41, 5.74) is -0.553. The van der Waals surface area contributed by atoms with E-state index >= 15 is 0 Å². The predicted octanol–water partition coefficient (Wildman–Crippen LogP) is 3.67. The summed E-state index contributed by atoms with van der Waals surface area (Å²) in [5, 5.41) is 0. The molecule has 0 saturated carbocycles. The minimum Gasteiger partial charge on any atom is -0.364 e. The van der Waals surface area contributed by atoms with Crippen LogP contribution in [-0.4, -0.2) is 53.6 Å². The Kier molecular flexibility index (Phi) is 8.97. The molecule has 5 nitrogen and oxygen atoms in total. The first kappa shape index (κ1) is 22.9. The van der Waals surface area contributed by atoms with Crippen LogP contribution in [0.5, 0.6) is 0 Å². The molecule has 0 aliphatic heterocycles. The second kappa shape index (κ2) is 9.40. The smallest absolute Gasteiger partial charge is 0.222 e. The minimum absolute atomic E-state index is 0.00213. The van der Waals surface area contributed by atoms with E-state index in [-0.39, 0.29) is 35.5 Å². The number of nitrogens with zero attached hydrogens (tertiary/aromatic N) is 2. The Morgan fingerprint density at radius 1 is 1.12 bits per heavy atom. The molecule has 0 unspecified atom stereocenters. The van der Waals surface area contributed by atoms with Gasteiger partial charge >= 0.3 is 0 Å². The third-order valence-electron chi connectivity index (χ3n) is 5.35. The maximum atomic E-state index is 12.3. The van der Waals surface area contributed by atoms with Gasteiger partial charge in [-0.05, 0) is 46.0 Å². The van der Waals surface area contributed by atoms with Crippen molar-refractivity contribution in [1.29, 1.82) is 0 Å². The maximum absolute atomic E-state index is 12.3. The Hall–Kier alpha value is -1.10. The summed E-state index contributed by atoms with van der Waals surface area (Å²) < 4.78 is 5.22. The van der Waals surface area contributed by atoms with Crippen LogP contribution in [0.3, 0.4) is 0 Å². The molecule has 142 valence electrons. The normalized spacial score (nSPS) is 12.4. The van der Waals surface area contributed by atoms with Gasteiger partial charge in [0.2, 0.25) is 11.8 Å².